The van der Waals surface area contributed by atoms with E-state index in [1.807, 2.05) is 60.7 Å². The van der Waals surface area contributed by atoms with E-state index in [-0.39, 0.29) is 0 Å². The molecule has 0 unspecified atom stereocenters. The molecule has 0 saturated heterocycles. The lowest BCUT2D eigenvalue weighted by Crippen LogP contribution is -1.77. The van der Waals surface area contributed by atoms with Gasteiger partial charge in [-0.2, -0.15) is 0 Å². The number of H-pyrrole nitrogens is 4. The summed E-state index contributed by atoms with van der Waals surface area (Å²) in [6.07, 6.45) is 16.3. The Morgan fingerprint density at radius 3 is 0.918 bits per heavy atom. The van der Waals surface area contributed by atoms with Crippen molar-refractivity contribution < 1.29 is 0 Å². The second kappa shape index (κ2) is 11.1. The van der Waals surface area contributed by atoms with Gasteiger partial charge in [0.25, 0.3) is 0 Å². The Labute approximate surface area is 283 Å². The Hall–Kier alpha value is -6.45. The third-order valence-corrected chi connectivity index (χ3v) is 9.60. The van der Waals surface area contributed by atoms with Gasteiger partial charge in [0.05, 0.1) is 56.6 Å². The summed E-state index contributed by atoms with van der Waals surface area (Å²) in [7, 11) is 0. The molecule has 10 rings (SSSR count). The van der Waals surface area contributed by atoms with Gasteiger partial charge in [-0.25, -0.2) is 19.9 Å². The molecular formula is C40H26N8S. The van der Waals surface area contributed by atoms with Crippen molar-refractivity contribution in [2.75, 3.05) is 0 Å². The Bertz CT molecular complexity index is 2630. The lowest BCUT2D eigenvalue weighted by molar-refractivity contribution is 1.31. The van der Waals surface area contributed by atoms with Crippen LogP contribution >= 0.6 is 11.8 Å². The normalized spacial score (nSPS) is 13.1. The third kappa shape index (κ3) is 5.62. The lowest BCUT2D eigenvalue weighted by atomic mass is 10.3. The van der Waals surface area contributed by atoms with E-state index in [2.05, 4.69) is 92.7 Å². The van der Waals surface area contributed by atoms with Crippen LogP contribution in [0.4, 0.5) is 0 Å². The van der Waals surface area contributed by atoms with Crippen LogP contribution in [0.15, 0.2) is 94.7 Å². The van der Waals surface area contributed by atoms with Crippen LogP contribution in [0.2, 0.25) is 0 Å². The average molecular weight is 651 g/mol. The van der Waals surface area contributed by atoms with E-state index < -0.39 is 0 Å². The van der Waals surface area contributed by atoms with Crippen LogP contribution in [-0.4, -0.2) is 39.9 Å². The molecule has 10 heterocycles. The number of nitrogens with one attached hydrogen (secondary N) is 4. The molecule has 0 aromatic carbocycles. The SMILES string of the molecule is C1=Cc2cc3cc(Sc4cc5cc6nc(cc7ccc(cc8nc(cc4[nH]5)C=C8)[nH]7)C=C6)c(cc4nc(cc5ccc(cc1n2)[nH]5)C=C4)[nH]3. The van der Waals surface area contributed by atoms with E-state index in [0.29, 0.717) is 0 Å². The van der Waals surface area contributed by atoms with Crippen LogP contribution in [-0.2, 0) is 0 Å². The number of rotatable bonds is 2. The number of aromatic amines is 4. The minimum absolute atomic E-state index is 0.876. The van der Waals surface area contributed by atoms with Crippen LogP contribution in [0, 0.1) is 0 Å². The van der Waals surface area contributed by atoms with Gasteiger partial charge in [-0.3, -0.25) is 0 Å². The summed E-state index contributed by atoms with van der Waals surface area (Å²) >= 11 is 1.69. The smallest absolute Gasteiger partial charge is 0.0658 e. The van der Waals surface area contributed by atoms with Crippen molar-refractivity contribution in [3.8, 4) is 0 Å². The van der Waals surface area contributed by atoms with E-state index >= 15 is 0 Å². The lowest BCUT2D eigenvalue weighted by Gasteiger charge is -1.97. The molecule has 4 N–H and O–H groups in total. The monoisotopic (exact) mass is 650 g/mol. The van der Waals surface area contributed by atoms with Gasteiger partial charge in [-0.05, 0) is 134 Å². The largest absolute Gasteiger partial charge is 0.355 e. The van der Waals surface area contributed by atoms with Crippen molar-refractivity contribution in [1.29, 1.82) is 0 Å². The van der Waals surface area contributed by atoms with Gasteiger partial charge in [0.15, 0.2) is 0 Å². The van der Waals surface area contributed by atoms with E-state index in [0.717, 1.165) is 99.5 Å². The van der Waals surface area contributed by atoms with Crippen LogP contribution in [0.5, 0.6) is 0 Å². The molecule has 9 heteroatoms. The summed E-state index contributed by atoms with van der Waals surface area (Å²) < 4.78 is 0. The molecule has 0 amide bonds. The van der Waals surface area contributed by atoms with Crippen LogP contribution < -0.4 is 0 Å². The third-order valence-electron chi connectivity index (χ3n) is 8.48. The van der Waals surface area contributed by atoms with E-state index in [4.69, 9.17) is 19.9 Å². The Balaban J connectivity index is 1.16. The second-order valence-corrected chi connectivity index (χ2v) is 13.3. The summed E-state index contributed by atoms with van der Waals surface area (Å²) in [6.45, 7) is 0. The molecule has 0 radical (unpaired) electrons. The fraction of sp³-hybridized carbons (Fsp3) is 0. The molecule has 0 spiro atoms. The Kier molecular flexibility index (Phi) is 6.25. The fourth-order valence-corrected chi connectivity index (χ4v) is 7.32. The highest BCUT2D eigenvalue weighted by atomic mass is 32.2. The highest BCUT2D eigenvalue weighted by Crippen LogP contribution is 2.36. The first-order chi connectivity index (χ1) is 24.1. The van der Waals surface area contributed by atoms with Crippen molar-refractivity contribution in [3.63, 3.8) is 0 Å². The maximum Gasteiger partial charge on any atom is 0.0658 e. The fourth-order valence-electron chi connectivity index (χ4n) is 6.27. The summed E-state index contributed by atoms with van der Waals surface area (Å²) in [5, 5.41) is 0. The molecule has 49 heavy (non-hydrogen) atoms. The number of fused-ring (bicyclic) bond motifs is 16. The molecule has 0 fully saturated rings. The van der Waals surface area contributed by atoms with Gasteiger partial charge >= 0.3 is 0 Å². The van der Waals surface area contributed by atoms with Gasteiger partial charge in [0, 0.05) is 42.9 Å². The molecule has 4 aliphatic rings. The van der Waals surface area contributed by atoms with Gasteiger partial charge in [-0.15, -0.1) is 0 Å². The van der Waals surface area contributed by atoms with Crippen LogP contribution in [0.25, 0.3) is 92.7 Å². The molecule has 0 atom stereocenters. The highest BCUT2D eigenvalue weighted by molar-refractivity contribution is 7.99. The van der Waals surface area contributed by atoms with Crippen molar-refractivity contribution >= 4 is 105 Å². The Morgan fingerprint density at radius 2 is 0.592 bits per heavy atom. The number of hydrogen-bond donors (Lipinski definition) is 4. The Morgan fingerprint density at radius 1 is 0.306 bits per heavy atom. The number of hydrogen-bond acceptors (Lipinski definition) is 5. The highest BCUT2D eigenvalue weighted by Gasteiger charge is 2.11. The second-order valence-electron chi connectivity index (χ2n) is 12.2. The van der Waals surface area contributed by atoms with Gasteiger partial charge in [0.2, 0.25) is 0 Å². The zero-order chi connectivity index (χ0) is 32.3. The first-order valence-electron chi connectivity index (χ1n) is 15.9. The maximum absolute atomic E-state index is 4.89. The standard InChI is InChI=1S/C40H26N8S/c1-3-25-15-29-9-11-33(45-29)19-37-39(21-35(47-37)17-31-7-5-27(43-31)13-23(1)41-25)49-40-22-36-18-32-8-6-28(44-32)14-24-2-4-26(42-24)16-30-10-12-34(46-30)20-38(40)48-36/h1-22,41-42,47-48H. The molecule has 6 aromatic rings. The zero-order valence-electron chi connectivity index (χ0n) is 25.9. The number of nitrogens with zero attached hydrogens (tertiary/aromatic N) is 4. The van der Waals surface area contributed by atoms with Gasteiger partial charge < -0.3 is 19.9 Å². The van der Waals surface area contributed by atoms with Crippen LogP contribution in [0.1, 0.15) is 45.6 Å². The molecule has 232 valence electrons. The zero-order valence-corrected chi connectivity index (χ0v) is 26.7. The van der Waals surface area contributed by atoms with Crippen molar-refractivity contribution in [3.05, 3.63) is 130 Å². The molecule has 4 aliphatic heterocycles. The summed E-state index contributed by atoms with van der Waals surface area (Å²) in [4.78, 5) is 35.8. The quantitative estimate of drug-likeness (QED) is 0.149. The first-order valence-corrected chi connectivity index (χ1v) is 16.8. The first kappa shape index (κ1) is 27.6. The molecule has 6 aromatic heterocycles. The van der Waals surface area contributed by atoms with E-state index in [1.165, 1.54) is 0 Å². The van der Waals surface area contributed by atoms with Crippen molar-refractivity contribution in [2.24, 2.45) is 0 Å². The summed E-state index contributed by atoms with van der Waals surface area (Å²) in [6, 6.07) is 29.1. The minimum Gasteiger partial charge on any atom is -0.355 e. The molecular weight excluding hydrogens is 625 g/mol. The van der Waals surface area contributed by atoms with Gasteiger partial charge in [0.1, 0.15) is 0 Å². The average Bonchev–Trinajstić information content (AvgIpc) is 3.92. The van der Waals surface area contributed by atoms with E-state index in [1.54, 1.807) is 11.8 Å². The van der Waals surface area contributed by atoms with Crippen molar-refractivity contribution in [1.82, 2.24) is 39.9 Å². The summed E-state index contributed by atoms with van der Waals surface area (Å²) in [5.41, 5.74) is 14.9. The molecule has 0 saturated carbocycles. The summed E-state index contributed by atoms with van der Waals surface area (Å²) in [5.74, 6) is 0. The predicted molar refractivity (Wildman–Crippen MR) is 202 cm³/mol. The van der Waals surface area contributed by atoms with Gasteiger partial charge in [-0.1, -0.05) is 11.8 Å². The number of aromatic nitrogens is 8. The molecule has 0 aliphatic carbocycles. The van der Waals surface area contributed by atoms with E-state index in [9.17, 15) is 0 Å². The topological polar surface area (TPSA) is 115 Å². The molecule has 16 bridgehead atoms. The predicted octanol–water partition coefficient (Wildman–Crippen LogP) is 9.78. The van der Waals surface area contributed by atoms with Crippen molar-refractivity contribution in [2.45, 2.75) is 9.79 Å². The minimum atomic E-state index is 0.876. The maximum atomic E-state index is 4.89. The molecule has 8 nitrogen and oxygen atoms in total. The van der Waals surface area contributed by atoms with Crippen LogP contribution in [0.3, 0.4) is 0 Å².